The number of rotatable bonds is 8. The maximum absolute atomic E-state index is 13.6. The Morgan fingerprint density at radius 3 is 2.44 bits per heavy atom. The quantitative estimate of drug-likeness (QED) is 0.367. The summed E-state index contributed by atoms with van der Waals surface area (Å²) in [6.07, 6.45) is -0.564. The van der Waals surface area contributed by atoms with Crippen LogP contribution >= 0.6 is 0 Å². The van der Waals surface area contributed by atoms with Crippen molar-refractivity contribution in [3.63, 3.8) is 0 Å². The number of amides is 3. The van der Waals surface area contributed by atoms with Gasteiger partial charge < -0.3 is 25.0 Å². The van der Waals surface area contributed by atoms with Gasteiger partial charge in [-0.05, 0) is 61.5 Å². The van der Waals surface area contributed by atoms with Gasteiger partial charge in [-0.1, -0.05) is 25.1 Å². The molecule has 41 heavy (non-hydrogen) atoms. The molecule has 218 valence electrons. The van der Waals surface area contributed by atoms with E-state index in [0.29, 0.717) is 5.69 Å². The summed E-state index contributed by atoms with van der Waals surface area (Å²) in [6, 6.07) is 16.7. The van der Waals surface area contributed by atoms with E-state index < -0.39 is 39.9 Å². The molecule has 4 rings (SSSR count). The maximum atomic E-state index is 13.6. The van der Waals surface area contributed by atoms with E-state index in [4.69, 9.17) is 4.74 Å². The largest absolute Gasteiger partial charge is 0.487 e. The molecule has 1 heterocycles. The number of likely N-dealkylation sites (N-methyl/N-ethyl adjacent to an activating group) is 1. The van der Waals surface area contributed by atoms with Crippen molar-refractivity contribution in [3.05, 3.63) is 84.2 Å². The Hall–Kier alpha value is -4.16. The Bertz CT molecular complexity index is 1490. The Morgan fingerprint density at radius 2 is 1.78 bits per heavy atom. The zero-order valence-electron chi connectivity index (χ0n) is 23.0. The molecule has 3 aromatic carbocycles. The number of sulfonamides is 1. The minimum absolute atomic E-state index is 0.0701. The van der Waals surface area contributed by atoms with Crippen molar-refractivity contribution in [3.8, 4) is 5.75 Å². The van der Waals surface area contributed by atoms with Gasteiger partial charge in [0.15, 0.2) is 0 Å². The van der Waals surface area contributed by atoms with E-state index in [1.165, 1.54) is 64.4 Å². The van der Waals surface area contributed by atoms with Gasteiger partial charge in [-0.25, -0.2) is 17.6 Å². The number of anilines is 2. The average molecular weight is 585 g/mol. The summed E-state index contributed by atoms with van der Waals surface area (Å²) in [5.41, 5.74) is 0.718. The molecule has 3 N–H and O–H groups in total. The number of hydrogen-bond acceptors (Lipinski definition) is 6. The fourth-order valence-electron chi connectivity index (χ4n) is 4.42. The first kappa shape index (κ1) is 29.8. The van der Waals surface area contributed by atoms with Crippen LogP contribution in [0.4, 0.5) is 20.6 Å². The highest BCUT2D eigenvalue weighted by Gasteiger charge is 2.34. The summed E-state index contributed by atoms with van der Waals surface area (Å²) in [5.74, 6) is -0.871. The van der Waals surface area contributed by atoms with Crippen LogP contribution in [0.15, 0.2) is 77.7 Å². The highest BCUT2D eigenvalue weighted by molar-refractivity contribution is 7.92. The summed E-state index contributed by atoms with van der Waals surface area (Å²) in [7, 11) is -2.32. The number of aliphatic hydroxyl groups is 1. The molecule has 0 fully saturated rings. The number of fused-ring (bicyclic) bond motifs is 1. The van der Waals surface area contributed by atoms with E-state index in [-0.39, 0.29) is 47.5 Å². The van der Waals surface area contributed by atoms with Gasteiger partial charge in [0.2, 0.25) is 0 Å². The van der Waals surface area contributed by atoms with E-state index >= 15 is 0 Å². The first-order chi connectivity index (χ1) is 19.5. The molecule has 12 heteroatoms. The molecule has 10 nitrogen and oxygen atoms in total. The fraction of sp³-hybridized carbons (Fsp3) is 0.310. The molecule has 0 radical (unpaired) electrons. The van der Waals surface area contributed by atoms with Gasteiger partial charge in [0.05, 0.1) is 29.7 Å². The molecule has 3 amide bonds. The molecular formula is C29H33FN4O6S. The van der Waals surface area contributed by atoms with Crippen LogP contribution in [0.3, 0.4) is 0 Å². The fourth-order valence-corrected chi connectivity index (χ4v) is 5.49. The molecule has 0 saturated carbocycles. The molecule has 0 aromatic heterocycles. The van der Waals surface area contributed by atoms with E-state index in [1.807, 2.05) is 6.92 Å². The normalized spacial score (nSPS) is 17.9. The third-order valence-corrected chi connectivity index (χ3v) is 8.26. The van der Waals surface area contributed by atoms with Crippen LogP contribution in [0.25, 0.3) is 0 Å². The van der Waals surface area contributed by atoms with E-state index in [1.54, 1.807) is 32.2 Å². The van der Waals surface area contributed by atoms with Gasteiger partial charge >= 0.3 is 6.03 Å². The standard InChI is InChI=1S/C29H33FN4O6S/c1-19-16-34(20(2)18-35)28(36)25-15-23(32-41(38,39)24-7-5-4-6-8-24)13-14-26(25)40-27(19)17-33(3)29(37)31-22-11-9-21(30)10-12-22/h4-15,19-20,27,32,35H,16-18H2,1-3H3,(H,31,37)/t19-,20-,27+/m0/s1. The van der Waals surface area contributed by atoms with Crippen LogP contribution in [0.5, 0.6) is 5.75 Å². The zero-order valence-corrected chi connectivity index (χ0v) is 23.8. The van der Waals surface area contributed by atoms with Crippen molar-refractivity contribution in [1.82, 2.24) is 9.80 Å². The van der Waals surface area contributed by atoms with Gasteiger partial charge in [-0.3, -0.25) is 9.52 Å². The average Bonchev–Trinajstić information content (AvgIpc) is 2.96. The van der Waals surface area contributed by atoms with Crippen LogP contribution in [0.2, 0.25) is 0 Å². The highest BCUT2D eigenvalue weighted by atomic mass is 32.2. The van der Waals surface area contributed by atoms with Crippen LogP contribution < -0.4 is 14.8 Å². The van der Waals surface area contributed by atoms with Crippen LogP contribution in [0, 0.1) is 11.7 Å². The number of carbonyl (C=O) groups is 2. The first-order valence-electron chi connectivity index (χ1n) is 13.1. The molecule has 0 unspecified atom stereocenters. The summed E-state index contributed by atoms with van der Waals surface area (Å²) in [6.45, 7) is 3.68. The summed E-state index contributed by atoms with van der Waals surface area (Å²) < 4.78 is 47.8. The van der Waals surface area contributed by atoms with Crippen molar-refractivity contribution in [1.29, 1.82) is 0 Å². The SMILES string of the molecule is C[C@H]1CN([C@@H](C)CO)C(=O)c2cc(NS(=O)(=O)c3ccccc3)ccc2O[C@@H]1CN(C)C(=O)Nc1ccc(F)cc1. The van der Waals surface area contributed by atoms with Gasteiger partial charge in [-0.2, -0.15) is 0 Å². The van der Waals surface area contributed by atoms with E-state index in [0.717, 1.165) is 0 Å². The number of nitrogens with zero attached hydrogens (tertiary/aromatic N) is 2. The number of hydrogen-bond donors (Lipinski definition) is 3. The second-order valence-corrected chi connectivity index (χ2v) is 11.8. The lowest BCUT2D eigenvalue weighted by atomic mass is 9.99. The summed E-state index contributed by atoms with van der Waals surface area (Å²) >= 11 is 0. The third-order valence-electron chi connectivity index (χ3n) is 6.87. The van der Waals surface area contributed by atoms with Gasteiger partial charge in [0.25, 0.3) is 15.9 Å². The Morgan fingerprint density at radius 1 is 1.12 bits per heavy atom. The Labute approximate surface area is 238 Å². The maximum Gasteiger partial charge on any atom is 0.321 e. The molecule has 0 bridgehead atoms. The number of ether oxygens (including phenoxy) is 1. The molecule has 0 spiro atoms. The minimum atomic E-state index is -3.91. The molecular weight excluding hydrogens is 551 g/mol. The number of urea groups is 1. The third kappa shape index (κ3) is 7.14. The smallest absolute Gasteiger partial charge is 0.321 e. The highest BCUT2D eigenvalue weighted by Crippen LogP contribution is 2.31. The van der Waals surface area contributed by atoms with E-state index in [9.17, 15) is 27.5 Å². The van der Waals surface area contributed by atoms with Crippen molar-refractivity contribution in [2.75, 3.05) is 36.8 Å². The first-order valence-corrected chi connectivity index (χ1v) is 14.5. The molecule has 3 atom stereocenters. The van der Waals surface area contributed by atoms with Crippen LogP contribution in [-0.2, 0) is 10.0 Å². The Kier molecular flexibility index (Phi) is 9.14. The van der Waals surface area contributed by atoms with Crippen molar-refractivity contribution >= 4 is 33.3 Å². The van der Waals surface area contributed by atoms with Gasteiger partial charge in [-0.15, -0.1) is 0 Å². The lowest BCUT2D eigenvalue weighted by molar-refractivity contribution is 0.0371. The van der Waals surface area contributed by atoms with Crippen molar-refractivity contribution in [2.24, 2.45) is 5.92 Å². The second-order valence-electron chi connectivity index (χ2n) is 10.1. The molecule has 3 aromatic rings. The second kappa shape index (κ2) is 12.6. The predicted octanol–water partition coefficient (Wildman–Crippen LogP) is 4.01. The molecule has 1 aliphatic heterocycles. The summed E-state index contributed by atoms with van der Waals surface area (Å²) in [5, 5.41) is 12.6. The van der Waals surface area contributed by atoms with Crippen molar-refractivity contribution in [2.45, 2.75) is 30.9 Å². The lowest BCUT2D eigenvalue weighted by Crippen LogP contribution is -2.50. The molecule has 0 saturated heterocycles. The number of aliphatic hydroxyl groups excluding tert-OH is 1. The van der Waals surface area contributed by atoms with E-state index in [2.05, 4.69) is 10.0 Å². The number of carbonyl (C=O) groups excluding carboxylic acids is 2. The minimum Gasteiger partial charge on any atom is -0.487 e. The Balaban J connectivity index is 1.60. The predicted molar refractivity (Wildman–Crippen MR) is 153 cm³/mol. The molecule has 1 aliphatic rings. The van der Waals surface area contributed by atoms with Crippen molar-refractivity contribution < 1.29 is 32.2 Å². The van der Waals surface area contributed by atoms with Gasteiger partial charge in [0, 0.05) is 30.9 Å². The topological polar surface area (TPSA) is 128 Å². The number of benzene rings is 3. The monoisotopic (exact) mass is 584 g/mol. The van der Waals surface area contributed by atoms with Crippen LogP contribution in [-0.4, -0.2) is 74.2 Å². The van der Waals surface area contributed by atoms with Crippen LogP contribution in [0.1, 0.15) is 24.2 Å². The lowest BCUT2D eigenvalue weighted by Gasteiger charge is -2.38. The number of halogens is 1. The number of nitrogens with one attached hydrogen (secondary N) is 2. The summed E-state index contributed by atoms with van der Waals surface area (Å²) in [4.78, 5) is 29.5. The molecule has 0 aliphatic carbocycles. The van der Waals surface area contributed by atoms with Gasteiger partial charge in [0.1, 0.15) is 17.7 Å². The zero-order chi connectivity index (χ0) is 29.7.